The van der Waals surface area contributed by atoms with Crippen molar-refractivity contribution in [3.63, 3.8) is 0 Å². The molecule has 0 unspecified atom stereocenters. The Morgan fingerprint density at radius 3 is 2.06 bits per heavy atom. The Bertz CT molecular complexity index is 317. The van der Waals surface area contributed by atoms with Crippen LogP contribution in [-0.4, -0.2) is 28.1 Å². The first-order valence-electron chi connectivity index (χ1n) is 5.83. The highest BCUT2D eigenvalue weighted by molar-refractivity contribution is 5.94. The number of nitrogens with two attached hydrogens (primary N) is 1. The largest absolute Gasteiger partial charge is 0.380 e. The molecule has 2 amide bonds. The lowest BCUT2D eigenvalue weighted by Crippen LogP contribution is -2.60. The van der Waals surface area contributed by atoms with Crippen molar-refractivity contribution in [2.45, 2.75) is 56.1 Å². The third-order valence-corrected chi connectivity index (χ3v) is 3.68. The van der Waals surface area contributed by atoms with E-state index in [-0.39, 0.29) is 0 Å². The molecule has 5 heteroatoms. The third-order valence-electron chi connectivity index (χ3n) is 3.68. The predicted molar refractivity (Wildman–Crippen MR) is 57.3 cm³/mol. The molecule has 0 aliphatic heterocycles. The van der Waals surface area contributed by atoms with E-state index in [9.17, 15) is 14.7 Å². The summed E-state index contributed by atoms with van der Waals surface area (Å²) in [5, 5.41) is 12.3. The van der Waals surface area contributed by atoms with Crippen LogP contribution in [0.1, 0.15) is 44.9 Å². The van der Waals surface area contributed by atoms with E-state index in [2.05, 4.69) is 5.32 Å². The zero-order chi connectivity index (χ0) is 11.8. The van der Waals surface area contributed by atoms with Crippen molar-refractivity contribution in [2.75, 3.05) is 0 Å². The van der Waals surface area contributed by atoms with Gasteiger partial charge in [-0.3, -0.25) is 9.59 Å². The lowest BCUT2D eigenvalue weighted by molar-refractivity contribution is -0.139. The van der Waals surface area contributed by atoms with E-state index < -0.39 is 23.0 Å². The summed E-state index contributed by atoms with van der Waals surface area (Å²) in [5.74, 6) is -0.919. The van der Waals surface area contributed by atoms with Gasteiger partial charge in [-0.1, -0.05) is 19.3 Å². The maximum absolute atomic E-state index is 11.7. The van der Waals surface area contributed by atoms with Gasteiger partial charge >= 0.3 is 0 Å². The van der Waals surface area contributed by atoms with Crippen molar-refractivity contribution in [1.82, 2.24) is 5.32 Å². The zero-order valence-electron chi connectivity index (χ0n) is 9.29. The van der Waals surface area contributed by atoms with E-state index in [1.54, 1.807) is 0 Å². The second-order valence-corrected chi connectivity index (χ2v) is 4.99. The van der Waals surface area contributed by atoms with E-state index in [4.69, 9.17) is 5.73 Å². The molecule has 2 aliphatic rings. The highest BCUT2D eigenvalue weighted by Gasteiger charge is 2.51. The highest BCUT2D eigenvalue weighted by atomic mass is 16.3. The molecule has 0 atom stereocenters. The van der Waals surface area contributed by atoms with Gasteiger partial charge in [0.15, 0.2) is 0 Å². The van der Waals surface area contributed by atoms with Gasteiger partial charge in [-0.15, -0.1) is 0 Å². The molecule has 0 aromatic rings. The third kappa shape index (κ3) is 1.91. The normalized spacial score (nSPS) is 25.8. The number of carbonyl (C=O) groups is 2. The number of primary amides is 1. The molecular formula is C11H18N2O3. The number of rotatable bonds is 3. The van der Waals surface area contributed by atoms with E-state index in [1.165, 1.54) is 0 Å². The number of aliphatic hydroxyl groups is 1. The summed E-state index contributed by atoms with van der Waals surface area (Å²) in [5.41, 5.74) is 3.22. The van der Waals surface area contributed by atoms with Crippen molar-refractivity contribution in [1.29, 1.82) is 0 Å². The first-order chi connectivity index (χ1) is 7.49. The van der Waals surface area contributed by atoms with Crippen LogP contribution in [0.2, 0.25) is 0 Å². The van der Waals surface area contributed by atoms with Crippen molar-refractivity contribution < 1.29 is 14.7 Å². The smallest absolute Gasteiger partial charge is 0.252 e. The predicted octanol–water partition coefficient (Wildman–Crippen LogP) is -0.184. The van der Waals surface area contributed by atoms with Gasteiger partial charge in [0.25, 0.3) is 5.91 Å². The van der Waals surface area contributed by atoms with Crippen LogP contribution >= 0.6 is 0 Å². The Morgan fingerprint density at radius 1 is 1.06 bits per heavy atom. The Hall–Kier alpha value is -1.10. The molecule has 0 aromatic heterocycles. The van der Waals surface area contributed by atoms with Gasteiger partial charge in [-0.25, -0.2) is 0 Å². The lowest BCUT2D eigenvalue weighted by Gasteiger charge is -2.35. The molecule has 2 aliphatic carbocycles. The van der Waals surface area contributed by atoms with Crippen LogP contribution in [0.5, 0.6) is 0 Å². The topological polar surface area (TPSA) is 92.4 Å². The minimum atomic E-state index is -1.24. The quantitative estimate of drug-likeness (QED) is 0.623. The molecule has 0 saturated heterocycles. The fraction of sp³-hybridized carbons (Fsp3) is 0.818. The summed E-state index contributed by atoms with van der Waals surface area (Å²) in [6, 6.07) is 0. The van der Waals surface area contributed by atoms with Crippen LogP contribution in [0.4, 0.5) is 0 Å². The highest BCUT2D eigenvalue weighted by Crippen LogP contribution is 2.37. The minimum Gasteiger partial charge on any atom is -0.380 e. The van der Waals surface area contributed by atoms with Gasteiger partial charge in [0.2, 0.25) is 5.91 Å². The van der Waals surface area contributed by atoms with Crippen LogP contribution in [0.3, 0.4) is 0 Å². The Balaban J connectivity index is 2.07. The van der Waals surface area contributed by atoms with Gasteiger partial charge < -0.3 is 16.2 Å². The first-order valence-corrected chi connectivity index (χ1v) is 5.83. The van der Waals surface area contributed by atoms with Crippen LogP contribution in [0.25, 0.3) is 0 Å². The molecule has 4 N–H and O–H groups in total. The summed E-state index contributed by atoms with van der Waals surface area (Å²) < 4.78 is 0. The molecule has 5 nitrogen and oxygen atoms in total. The molecule has 2 fully saturated rings. The second kappa shape index (κ2) is 3.73. The van der Waals surface area contributed by atoms with Crippen molar-refractivity contribution in [3.05, 3.63) is 0 Å². The summed E-state index contributed by atoms with van der Waals surface area (Å²) in [6.45, 7) is 0. The average molecular weight is 226 g/mol. The van der Waals surface area contributed by atoms with Crippen molar-refractivity contribution in [2.24, 2.45) is 5.73 Å². The minimum absolute atomic E-state index is 0.437. The number of carbonyl (C=O) groups excluding carboxylic acids is 2. The molecule has 0 aromatic carbocycles. The first kappa shape index (κ1) is 11.4. The molecule has 90 valence electrons. The Morgan fingerprint density at radius 2 is 1.62 bits per heavy atom. The number of hydrogen-bond acceptors (Lipinski definition) is 3. The lowest BCUT2D eigenvalue weighted by atomic mass is 9.81. The summed E-state index contributed by atoms with van der Waals surface area (Å²) >= 11 is 0. The van der Waals surface area contributed by atoms with E-state index in [0.717, 1.165) is 19.3 Å². The van der Waals surface area contributed by atoms with E-state index in [0.29, 0.717) is 25.7 Å². The molecule has 0 bridgehead atoms. The molecule has 2 rings (SSSR count). The molecular weight excluding hydrogens is 208 g/mol. The zero-order valence-corrected chi connectivity index (χ0v) is 9.29. The molecule has 0 spiro atoms. The van der Waals surface area contributed by atoms with Gasteiger partial charge in [-0.05, 0) is 25.7 Å². The van der Waals surface area contributed by atoms with Crippen LogP contribution < -0.4 is 11.1 Å². The van der Waals surface area contributed by atoms with Crippen LogP contribution in [0, 0.1) is 0 Å². The summed E-state index contributed by atoms with van der Waals surface area (Å²) in [7, 11) is 0. The maximum atomic E-state index is 11.7. The van der Waals surface area contributed by atoms with Crippen molar-refractivity contribution in [3.8, 4) is 0 Å². The van der Waals surface area contributed by atoms with Crippen LogP contribution in [0.15, 0.2) is 0 Å². The summed E-state index contributed by atoms with van der Waals surface area (Å²) in [4.78, 5) is 23.2. The fourth-order valence-corrected chi connectivity index (χ4v) is 2.27. The monoisotopic (exact) mass is 226 g/mol. The van der Waals surface area contributed by atoms with Gasteiger partial charge in [0.05, 0.1) is 0 Å². The van der Waals surface area contributed by atoms with Crippen LogP contribution in [-0.2, 0) is 9.59 Å². The van der Waals surface area contributed by atoms with Gasteiger partial charge in [0.1, 0.15) is 11.1 Å². The molecule has 0 heterocycles. The Kier molecular flexibility index (Phi) is 2.66. The molecule has 16 heavy (non-hydrogen) atoms. The SMILES string of the molecule is NC(=O)C1(NC(=O)C2(O)CC2)CCCCC1. The second-order valence-electron chi connectivity index (χ2n) is 4.99. The standard InChI is InChI=1S/C11H18N2O3/c12-8(14)10(4-2-1-3-5-10)13-9(15)11(16)6-7-11/h16H,1-7H2,(H2,12,14)(H,13,15). The number of amides is 2. The average Bonchev–Trinajstić information content (AvgIpc) is 2.99. The van der Waals surface area contributed by atoms with E-state index >= 15 is 0 Å². The molecule has 0 radical (unpaired) electrons. The fourth-order valence-electron chi connectivity index (χ4n) is 2.27. The van der Waals surface area contributed by atoms with Crippen molar-refractivity contribution >= 4 is 11.8 Å². The Labute approximate surface area is 94.4 Å². The number of nitrogens with one attached hydrogen (secondary N) is 1. The van der Waals surface area contributed by atoms with E-state index in [1.807, 2.05) is 0 Å². The summed E-state index contributed by atoms with van der Waals surface area (Å²) in [6.07, 6.45) is 4.98. The van der Waals surface area contributed by atoms with Gasteiger partial charge in [0, 0.05) is 0 Å². The van der Waals surface area contributed by atoms with Gasteiger partial charge in [-0.2, -0.15) is 0 Å². The molecule has 2 saturated carbocycles. The number of hydrogen-bond donors (Lipinski definition) is 3. The maximum Gasteiger partial charge on any atom is 0.252 e.